The van der Waals surface area contributed by atoms with E-state index in [1.54, 1.807) is 0 Å². The number of carbonyl (C=O) groups is 4. The number of ether oxygens (including phenoxy) is 9. The fraction of sp³-hybridized carbons (Fsp3) is 0.852. The molecule has 0 saturated carbocycles. The summed E-state index contributed by atoms with van der Waals surface area (Å²) in [6.07, 6.45) is -41.4. The Bertz CT molecular complexity index is 1250. The van der Waals surface area contributed by atoms with Crippen LogP contribution in [0.25, 0.3) is 0 Å². The first-order valence-electron chi connectivity index (χ1n) is 15.1. The topological polar surface area (TPSA) is 374 Å². The molecule has 0 aromatic carbocycles. The monoisotopic (exact) mass is 748 g/mol. The zero-order valence-corrected chi connectivity index (χ0v) is 26.8. The number of hydrogen-bond donors (Lipinski definition) is 11. The summed E-state index contributed by atoms with van der Waals surface area (Å²) >= 11 is 0. The molecule has 8 unspecified atom stereocenters. The van der Waals surface area contributed by atoms with Crippen LogP contribution in [0.2, 0.25) is 0 Å². The van der Waals surface area contributed by atoms with E-state index in [0.29, 0.717) is 0 Å². The van der Waals surface area contributed by atoms with Crippen molar-refractivity contribution in [3.05, 3.63) is 0 Å². The van der Waals surface area contributed by atoms with Crippen molar-refractivity contribution in [3.63, 3.8) is 0 Å². The van der Waals surface area contributed by atoms with Gasteiger partial charge in [0.1, 0.15) is 79.4 Å². The molecule has 0 spiro atoms. The van der Waals surface area contributed by atoms with Crippen molar-refractivity contribution in [2.24, 2.45) is 0 Å². The Hall–Kier alpha value is -2.60. The van der Waals surface area contributed by atoms with Gasteiger partial charge in [-0.3, -0.25) is 4.79 Å². The predicted molar refractivity (Wildman–Crippen MR) is 149 cm³/mol. The quantitative estimate of drug-likeness (QED) is 0.0882. The van der Waals surface area contributed by atoms with Crippen molar-refractivity contribution in [2.75, 3.05) is 14.2 Å². The summed E-state index contributed by atoms with van der Waals surface area (Å²) in [6.45, 7) is 1.06. The molecule has 24 heteroatoms. The molecule has 4 heterocycles. The summed E-state index contributed by atoms with van der Waals surface area (Å²) in [5, 5.41) is 114. The van der Waals surface area contributed by atoms with Crippen molar-refractivity contribution in [1.29, 1.82) is 0 Å². The second kappa shape index (κ2) is 16.6. The highest BCUT2D eigenvalue weighted by Crippen LogP contribution is 2.35. The molecule has 0 radical (unpaired) electrons. The normalized spacial score (nSPS) is 47.7. The zero-order chi connectivity index (χ0) is 38.2. The number of Topliss-reactive ketones (excluding diaryl/α,β-unsaturated/α-hetero) is 1. The summed E-state index contributed by atoms with van der Waals surface area (Å²) in [5.41, 5.74) is 0. The van der Waals surface area contributed by atoms with Crippen LogP contribution in [0.15, 0.2) is 0 Å². The molecule has 11 N–H and O–H groups in total. The van der Waals surface area contributed by atoms with E-state index in [9.17, 15) is 75.3 Å². The molecule has 4 fully saturated rings. The number of carboxylic acids is 3. The standard InChI is InChI=1S/C27H40O24/c1-4(28)13-14(43-2)5(29)10(34)25(45-13)46-16-7(31)11(35)27(50-19(16)22(39)40)48-17-8(32)12(36)26(51-20(17)23(41)42)47-15-6(30)9(33)24(44-3)49-18(15)21(37)38/h5-20,24-27,29-36H,1-3H3,(H,37,38)(H,39,40)(H,41,42)/t5-,6?,7?,8+,9?,10?,11?,12?,13?,14-,15-,16-,17-,18+,19+,20?,24+,25-,26+,27+/m0/s1. The molecule has 0 amide bonds. The lowest BCUT2D eigenvalue weighted by Crippen LogP contribution is -2.68. The maximum atomic E-state index is 12.2. The fourth-order valence-corrected chi connectivity index (χ4v) is 5.99. The minimum absolute atomic E-state index is 0.691. The molecule has 292 valence electrons. The molecule has 20 atom stereocenters. The van der Waals surface area contributed by atoms with E-state index < -0.39 is 147 Å². The van der Waals surface area contributed by atoms with Crippen molar-refractivity contribution in [2.45, 2.75) is 130 Å². The van der Waals surface area contributed by atoms with Crippen molar-refractivity contribution < 1.29 is 118 Å². The Kier molecular flexibility index (Phi) is 13.4. The van der Waals surface area contributed by atoms with Crippen LogP contribution in [0.5, 0.6) is 0 Å². The van der Waals surface area contributed by atoms with Crippen molar-refractivity contribution in [1.82, 2.24) is 0 Å². The predicted octanol–water partition coefficient (Wildman–Crippen LogP) is -7.57. The molecular weight excluding hydrogens is 708 g/mol. The Morgan fingerprint density at radius 2 is 0.686 bits per heavy atom. The van der Waals surface area contributed by atoms with Crippen LogP contribution in [0.3, 0.4) is 0 Å². The average molecular weight is 749 g/mol. The number of hydrogen-bond acceptors (Lipinski definition) is 21. The number of aliphatic hydroxyl groups excluding tert-OH is 8. The van der Waals surface area contributed by atoms with E-state index in [2.05, 4.69) is 0 Å². The molecule has 4 aliphatic rings. The molecule has 4 rings (SSSR count). The zero-order valence-electron chi connectivity index (χ0n) is 26.8. The van der Waals surface area contributed by atoms with Crippen LogP contribution >= 0.6 is 0 Å². The van der Waals surface area contributed by atoms with Crippen LogP contribution in [0, 0.1) is 0 Å². The molecule has 4 aliphatic heterocycles. The highest BCUT2D eigenvalue weighted by Gasteiger charge is 2.58. The van der Waals surface area contributed by atoms with Gasteiger partial charge in [0.2, 0.25) is 0 Å². The third kappa shape index (κ3) is 8.16. The van der Waals surface area contributed by atoms with E-state index >= 15 is 0 Å². The summed E-state index contributed by atoms with van der Waals surface area (Å²) in [4.78, 5) is 48.3. The molecule has 0 aliphatic carbocycles. The lowest BCUT2D eigenvalue weighted by atomic mass is 9.94. The fourth-order valence-electron chi connectivity index (χ4n) is 5.99. The summed E-state index contributed by atoms with van der Waals surface area (Å²) in [7, 11) is 2.14. The maximum absolute atomic E-state index is 12.2. The second-order valence-electron chi connectivity index (χ2n) is 12.0. The van der Waals surface area contributed by atoms with Gasteiger partial charge < -0.3 is 98.8 Å². The average Bonchev–Trinajstić information content (AvgIpc) is 3.07. The summed E-state index contributed by atoms with van der Waals surface area (Å²) in [6, 6.07) is 0. The highest BCUT2D eigenvalue weighted by atomic mass is 16.8. The summed E-state index contributed by atoms with van der Waals surface area (Å²) < 4.78 is 46.7. The minimum Gasteiger partial charge on any atom is -0.479 e. The van der Waals surface area contributed by atoms with E-state index in [-0.39, 0.29) is 0 Å². The van der Waals surface area contributed by atoms with Gasteiger partial charge in [0.05, 0.1) is 0 Å². The van der Waals surface area contributed by atoms with Crippen LogP contribution < -0.4 is 0 Å². The second-order valence-corrected chi connectivity index (χ2v) is 12.0. The van der Waals surface area contributed by atoms with Crippen LogP contribution in [0.4, 0.5) is 0 Å². The van der Waals surface area contributed by atoms with Gasteiger partial charge in [-0.25, -0.2) is 14.4 Å². The van der Waals surface area contributed by atoms with Crippen molar-refractivity contribution in [3.8, 4) is 0 Å². The number of methoxy groups -OCH3 is 2. The number of rotatable bonds is 12. The van der Waals surface area contributed by atoms with Gasteiger partial charge >= 0.3 is 17.9 Å². The first-order chi connectivity index (χ1) is 23.9. The highest BCUT2D eigenvalue weighted by molar-refractivity contribution is 5.81. The number of aliphatic carboxylic acids is 3. The van der Waals surface area contributed by atoms with Gasteiger partial charge in [0.25, 0.3) is 0 Å². The van der Waals surface area contributed by atoms with Crippen LogP contribution in [-0.4, -0.2) is 217 Å². The third-order valence-electron chi connectivity index (χ3n) is 8.69. The largest absolute Gasteiger partial charge is 0.479 e. The Morgan fingerprint density at radius 1 is 0.412 bits per heavy atom. The molecule has 0 aromatic heterocycles. The Labute approximate surface area is 286 Å². The van der Waals surface area contributed by atoms with Gasteiger partial charge in [0.15, 0.2) is 49.3 Å². The van der Waals surface area contributed by atoms with E-state index in [1.807, 2.05) is 0 Å². The minimum atomic E-state index is -2.37. The van der Waals surface area contributed by atoms with E-state index in [1.165, 1.54) is 0 Å². The summed E-state index contributed by atoms with van der Waals surface area (Å²) in [5.74, 6) is -6.24. The SMILES string of the molecule is CO[C@@H]1O[C@@H](C(=O)O)[C@@H](O[C@@H]2OC(C(=O)O)[C@@H](O[C@@H]3O[C@@H](C(=O)O)[C@@H](O[C@@H]4OC(C(C)=O)[C@@H](OC)[C@@H](O)C4O)C(O)C3O)[C@H](O)C2O)C(O)C1O. The molecule has 24 nitrogen and oxygen atoms in total. The lowest BCUT2D eigenvalue weighted by Gasteiger charge is -2.48. The molecule has 0 aromatic rings. The van der Waals surface area contributed by atoms with E-state index in [4.69, 9.17) is 42.6 Å². The lowest BCUT2D eigenvalue weighted by molar-refractivity contribution is -0.378. The van der Waals surface area contributed by atoms with Gasteiger partial charge in [-0.05, 0) is 6.92 Å². The van der Waals surface area contributed by atoms with E-state index in [0.717, 1.165) is 21.1 Å². The molecular formula is C27H40O24. The smallest absolute Gasteiger partial charge is 0.335 e. The number of carboxylic acid groups (broad SMARTS) is 3. The Balaban J connectivity index is 1.51. The van der Waals surface area contributed by atoms with Gasteiger partial charge in [-0.2, -0.15) is 0 Å². The number of aliphatic hydroxyl groups is 8. The van der Waals surface area contributed by atoms with Crippen LogP contribution in [-0.2, 0) is 61.8 Å². The molecule has 4 saturated heterocycles. The third-order valence-corrected chi connectivity index (χ3v) is 8.69. The molecule has 51 heavy (non-hydrogen) atoms. The van der Waals surface area contributed by atoms with Gasteiger partial charge in [-0.1, -0.05) is 0 Å². The van der Waals surface area contributed by atoms with Gasteiger partial charge in [-0.15, -0.1) is 0 Å². The first kappa shape index (κ1) is 41.2. The van der Waals surface area contributed by atoms with Crippen molar-refractivity contribution >= 4 is 23.7 Å². The number of carbonyl (C=O) groups excluding carboxylic acids is 1. The maximum Gasteiger partial charge on any atom is 0.335 e. The molecule has 0 bridgehead atoms. The Morgan fingerprint density at radius 3 is 0.961 bits per heavy atom. The first-order valence-corrected chi connectivity index (χ1v) is 15.1. The van der Waals surface area contributed by atoms with Crippen LogP contribution in [0.1, 0.15) is 6.92 Å². The van der Waals surface area contributed by atoms with Gasteiger partial charge in [0, 0.05) is 14.2 Å². The number of ketones is 1.